The van der Waals surface area contributed by atoms with E-state index in [1.165, 1.54) is 6.07 Å². The Labute approximate surface area is 115 Å². The molecule has 0 spiro atoms. The zero-order valence-corrected chi connectivity index (χ0v) is 10.5. The van der Waals surface area contributed by atoms with Crippen LogP contribution in [0.3, 0.4) is 0 Å². The van der Waals surface area contributed by atoms with Crippen LogP contribution in [-0.4, -0.2) is 18.1 Å². The third kappa shape index (κ3) is 2.35. The van der Waals surface area contributed by atoms with Gasteiger partial charge in [-0.05, 0) is 18.2 Å². The lowest BCUT2D eigenvalue weighted by atomic mass is 10.2. The van der Waals surface area contributed by atoms with Crippen molar-refractivity contribution in [3.8, 4) is 11.5 Å². The summed E-state index contributed by atoms with van der Waals surface area (Å²) in [5, 5.41) is 14.0. The second-order valence-electron chi connectivity index (χ2n) is 4.26. The summed E-state index contributed by atoms with van der Waals surface area (Å²) in [5.41, 5.74) is 1.18. The predicted octanol–water partition coefficient (Wildman–Crippen LogP) is 3.11. The van der Waals surface area contributed by atoms with E-state index in [0.717, 1.165) is 0 Å². The number of rotatable bonds is 3. The standard InChI is InChI=1S/C14H12N2O4/c17-16(18)12-4-2-1-3-11(12)15-10-5-6-13-14(9-10)20-8-7-19-13/h1-6,9,15H,7-8H2. The molecule has 0 amide bonds. The van der Waals surface area contributed by atoms with Gasteiger partial charge in [0.2, 0.25) is 0 Å². The van der Waals surface area contributed by atoms with Crippen molar-refractivity contribution in [2.24, 2.45) is 0 Å². The summed E-state index contributed by atoms with van der Waals surface area (Å²) in [7, 11) is 0. The van der Waals surface area contributed by atoms with Gasteiger partial charge in [-0.15, -0.1) is 0 Å². The third-order valence-electron chi connectivity index (χ3n) is 2.92. The van der Waals surface area contributed by atoms with E-state index in [1.54, 1.807) is 36.4 Å². The largest absolute Gasteiger partial charge is 0.486 e. The van der Waals surface area contributed by atoms with Gasteiger partial charge in [-0.3, -0.25) is 10.1 Å². The number of nitrogens with one attached hydrogen (secondary N) is 1. The summed E-state index contributed by atoms with van der Waals surface area (Å²) in [6, 6.07) is 11.8. The van der Waals surface area contributed by atoms with Crippen molar-refractivity contribution < 1.29 is 14.4 Å². The lowest BCUT2D eigenvalue weighted by molar-refractivity contribution is -0.383. The number of fused-ring (bicyclic) bond motifs is 1. The van der Waals surface area contributed by atoms with Gasteiger partial charge in [0.25, 0.3) is 5.69 Å². The maximum absolute atomic E-state index is 11.0. The Balaban J connectivity index is 1.90. The molecule has 1 aliphatic rings. The molecule has 0 saturated carbocycles. The van der Waals surface area contributed by atoms with E-state index < -0.39 is 4.92 Å². The topological polar surface area (TPSA) is 73.6 Å². The molecule has 1 heterocycles. The average molecular weight is 272 g/mol. The molecule has 102 valence electrons. The lowest BCUT2D eigenvalue weighted by Gasteiger charge is -2.19. The summed E-state index contributed by atoms with van der Waals surface area (Å²) in [6.45, 7) is 1.03. The van der Waals surface area contributed by atoms with Gasteiger partial charge in [0, 0.05) is 17.8 Å². The number of nitrogens with zero attached hydrogens (tertiary/aromatic N) is 1. The molecule has 0 bridgehead atoms. The van der Waals surface area contributed by atoms with Gasteiger partial charge in [-0.25, -0.2) is 0 Å². The second kappa shape index (κ2) is 5.08. The van der Waals surface area contributed by atoms with Gasteiger partial charge >= 0.3 is 0 Å². The SMILES string of the molecule is O=[N+]([O-])c1ccccc1Nc1ccc2c(c1)OCCO2. The van der Waals surface area contributed by atoms with Crippen LogP contribution >= 0.6 is 0 Å². The highest BCUT2D eigenvalue weighted by molar-refractivity contribution is 5.70. The van der Waals surface area contributed by atoms with Crippen molar-refractivity contribution in [2.75, 3.05) is 18.5 Å². The highest BCUT2D eigenvalue weighted by Crippen LogP contribution is 2.35. The Hall–Kier alpha value is -2.76. The van der Waals surface area contributed by atoms with E-state index in [9.17, 15) is 10.1 Å². The summed E-state index contributed by atoms with van der Waals surface area (Å²) in [5.74, 6) is 1.32. The monoisotopic (exact) mass is 272 g/mol. The number of nitro benzene ring substituents is 1. The molecule has 6 heteroatoms. The van der Waals surface area contributed by atoms with Crippen LogP contribution in [0.15, 0.2) is 42.5 Å². The Morgan fingerprint density at radius 2 is 1.80 bits per heavy atom. The maximum Gasteiger partial charge on any atom is 0.292 e. The fraction of sp³-hybridized carbons (Fsp3) is 0.143. The smallest absolute Gasteiger partial charge is 0.292 e. The molecule has 0 aliphatic carbocycles. The van der Waals surface area contributed by atoms with Crippen LogP contribution in [0, 0.1) is 10.1 Å². The summed E-state index contributed by atoms with van der Waals surface area (Å²) >= 11 is 0. The highest BCUT2D eigenvalue weighted by atomic mass is 16.6. The fourth-order valence-electron chi connectivity index (χ4n) is 2.02. The number of para-hydroxylation sites is 2. The molecule has 0 radical (unpaired) electrons. The molecule has 0 unspecified atom stereocenters. The molecule has 2 aromatic rings. The first-order chi connectivity index (χ1) is 9.74. The molecule has 0 saturated heterocycles. The van der Waals surface area contributed by atoms with Crippen molar-refractivity contribution >= 4 is 17.1 Å². The number of nitro groups is 1. The molecule has 2 aromatic carbocycles. The molecular weight excluding hydrogens is 260 g/mol. The fourth-order valence-corrected chi connectivity index (χ4v) is 2.02. The molecule has 20 heavy (non-hydrogen) atoms. The Bertz CT molecular complexity index is 657. The summed E-state index contributed by atoms with van der Waals surface area (Å²) < 4.78 is 10.9. The Kier molecular flexibility index (Phi) is 3.12. The minimum Gasteiger partial charge on any atom is -0.486 e. The molecule has 1 aliphatic heterocycles. The summed E-state index contributed by atoms with van der Waals surface area (Å²) in [4.78, 5) is 10.5. The first-order valence-corrected chi connectivity index (χ1v) is 6.14. The zero-order chi connectivity index (χ0) is 13.9. The van der Waals surface area contributed by atoms with Gasteiger partial charge in [0.05, 0.1) is 4.92 Å². The van der Waals surface area contributed by atoms with Crippen molar-refractivity contribution in [1.29, 1.82) is 0 Å². The molecule has 3 rings (SSSR count). The van der Waals surface area contributed by atoms with Crippen LogP contribution in [-0.2, 0) is 0 Å². The van der Waals surface area contributed by atoms with Gasteiger partial charge in [-0.2, -0.15) is 0 Å². The van der Waals surface area contributed by atoms with Crippen molar-refractivity contribution in [2.45, 2.75) is 0 Å². The maximum atomic E-state index is 11.0. The van der Waals surface area contributed by atoms with E-state index in [-0.39, 0.29) is 5.69 Å². The van der Waals surface area contributed by atoms with Crippen LogP contribution in [0.2, 0.25) is 0 Å². The molecule has 0 aromatic heterocycles. The molecule has 1 N–H and O–H groups in total. The van der Waals surface area contributed by atoms with Crippen LogP contribution in [0.4, 0.5) is 17.1 Å². The van der Waals surface area contributed by atoms with E-state index >= 15 is 0 Å². The van der Waals surface area contributed by atoms with Crippen molar-refractivity contribution in [3.63, 3.8) is 0 Å². The second-order valence-corrected chi connectivity index (χ2v) is 4.26. The van der Waals surface area contributed by atoms with Crippen LogP contribution < -0.4 is 14.8 Å². The molecule has 0 atom stereocenters. The number of benzene rings is 2. The number of hydrogen-bond acceptors (Lipinski definition) is 5. The van der Waals surface area contributed by atoms with Crippen molar-refractivity contribution in [1.82, 2.24) is 0 Å². The number of ether oxygens (including phenoxy) is 2. The minimum absolute atomic E-state index is 0.0300. The predicted molar refractivity (Wildman–Crippen MR) is 73.8 cm³/mol. The Morgan fingerprint density at radius 3 is 2.60 bits per heavy atom. The van der Waals surface area contributed by atoms with Gasteiger partial charge in [-0.1, -0.05) is 12.1 Å². The van der Waals surface area contributed by atoms with Crippen LogP contribution in [0.5, 0.6) is 11.5 Å². The summed E-state index contributed by atoms with van der Waals surface area (Å²) in [6.07, 6.45) is 0. The van der Waals surface area contributed by atoms with Crippen molar-refractivity contribution in [3.05, 3.63) is 52.6 Å². The first-order valence-electron chi connectivity index (χ1n) is 6.14. The van der Waals surface area contributed by atoms with Crippen LogP contribution in [0.1, 0.15) is 0 Å². The van der Waals surface area contributed by atoms with Gasteiger partial charge < -0.3 is 14.8 Å². The first kappa shape index (κ1) is 12.3. The number of anilines is 2. The molecule has 0 fully saturated rings. The van der Waals surface area contributed by atoms with Gasteiger partial charge in [0.1, 0.15) is 18.9 Å². The highest BCUT2D eigenvalue weighted by Gasteiger charge is 2.15. The van der Waals surface area contributed by atoms with Crippen LogP contribution in [0.25, 0.3) is 0 Å². The van der Waals surface area contributed by atoms with Gasteiger partial charge in [0.15, 0.2) is 11.5 Å². The third-order valence-corrected chi connectivity index (χ3v) is 2.92. The Morgan fingerprint density at radius 1 is 1.05 bits per heavy atom. The normalized spacial score (nSPS) is 12.8. The van der Waals surface area contributed by atoms with E-state index in [2.05, 4.69) is 5.32 Å². The van der Waals surface area contributed by atoms with E-state index in [1.807, 2.05) is 0 Å². The molecule has 6 nitrogen and oxygen atoms in total. The van der Waals surface area contributed by atoms with E-state index in [4.69, 9.17) is 9.47 Å². The quantitative estimate of drug-likeness (QED) is 0.686. The molecular formula is C14H12N2O4. The minimum atomic E-state index is -0.416. The average Bonchev–Trinajstić information content (AvgIpc) is 2.47. The lowest BCUT2D eigenvalue weighted by Crippen LogP contribution is -2.15. The number of hydrogen-bond donors (Lipinski definition) is 1. The van der Waals surface area contributed by atoms with E-state index in [0.29, 0.717) is 36.1 Å². The zero-order valence-electron chi connectivity index (χ0n) is 10.5.